The number of carboxylic acid groups (broad SMARTS) is 1. The van der Waals surface area contributed by atoms with Gasteiger partial charge in [-0.05, 0) is 18.1 Å². The van der Waals surface area contributed by atoms with Gasteiger partial charge in [-0.15, -0.1) is 0 Å². The first kappa shape index (κ1) is 14.8. The summed E-state index contributed by atoms with van der Waals surface area (Å²) in [6, 6.07) is 3.76. The molecule has 0 amide bonds. The van der Waals surface area contributed by atoms with Gasteiger partial charge in [0.1, 0.15) is 5.52 Å². The molecule has 0 aliphatic rings. The van der Waals surface area contributed by atoms with E-state index in [-0.39, 0.29) is 5.75 Å². The molecule has 0 radical (unpaired) electrons. The number of aromatic nitrogens is 3. The van der Waals surface area contributed by atoms with Gasteiger partial charge in [0.15, 0.2) is 10.8 Å². The standard InChI is InChI=1S/C14H19N3O2S/c1-3-10(4-2)8-17-13-11(6-5-7-15-13)16-14(17)20-9-12(18)19/h5-7,10H,3-4,8-9H2,1-2H3,(H,18,19). The predicted octanol–water partition coefficient (Wildman–Crippen LogP) is 3.04. The van der Waals surface area contributed by atoms with Crippen LogP contribution in [-0.4, -0.2) is 31.4 Å². The molecule has 0 saturated heterocycles. The normalized spacial score (nSPS) is 11.3. The molecular weight excluding hydrogens is 274 g/mol. The van der Waals surface area contributed by atoms with Gasteiger partial charge in [0.05, 0.1) is 5.75 Å². The largest absolute Gasteiger partial charge is 0.481 e. The van der Waals surface area contributed by atoms with E-state index in [1.807, 2.05) is 12.1 Å². The van der Waals surface area contributed by atoms with Crippen LogP contribution >= 0.6 is 11.8 Å². The van der Waals surface area contributed by atoms with Gasteiger partial charge in [-0.2, -0.15) is 0 Å². The van der Waals surface area contributed by atoms with Crippen molar-refractivity contribution in [3.63, 3.8) is 0 Å². The minimum atomic E-state index is -0.830. The Morgan fingerprint density at radius 2 is 2.20 bits per heavy atom. The van der Waals surface area contributed by atoms with Crippen molar-refractivity contribution in [2.45, 2.75) is 38.4 Å². The number of imidazole rings is 1. The van der Waals surface area contributed by atoms with E-state index in [0.29, 0.717) is 5.92 Å². The first-order valence-corrected chi connectivity index (χ1v) is 7.80. The quantitative estimate of drug-likeness (QED) is 0.795. The van der Waals surface area contributed by atoms with Crippen molar-refractivity contribution in [3.8, 4) is 0 Å². The van der Waals surface area contributed by atoms with Crippen molar-refractivity contribution in [2.75, 3.05) is 5.75 Å². The molecular formula is C14H19N3O2S. The maximum atomic E-state index is 10.8. The molecule has 5 nitrogen and oxygen atoms in total. The fourth-order valence-electron chi connectivity index (χ4n) is 2.14. The summed E-state index contributed by atoms with van der Waals surface area (Å²) < 4.78 is 2.06. The van der Waals surface area contributed by atoms with E-state index in [1.165, 1.54) is 11.8 Å². The predicted molar refractivity (Wildman–Crippen MR) is 80.0 cm³/mol. The first-order chi connectivity index (χ1) is 9.65. The van der Waals surface area contributed by atoms with Crippen molar-refractivity contribution in [1.29, 1.82) is 0 Å². The molecule has 0 unspecified atom stereocenters. The van der Waals surface area contributed by atoms with Gasteiger partial charge in [0.25, 0.3) is 0 Å². The molecule has 1 N–H and O–H groups in total. The molecule has 6 heteroatoms. The third-order valence-corrected chi connectivity index (χ3v) is 4.35. The van der Waals surface area contributed by atoms with Crippen LogP contribution in [-0.2, 0) is 11.3 Å². The molecule has 0 spiro atoms. The smallest absolute Gasteiger partial charge is 0.313 e. The number of hydrogen-bond donors (Lipinski definition) is 1. The lowest BCUT2D eigenvalue weighted by atomic mass is 10.0. The fraction of sp³-hybridized carbons (Fsp3) is 0.500. The molecule has 0 fully saturated rings. The molecule has 20 heavy (non-hydrogen) atoms. The molecule has 2 aromatic heterocycles. The van der Waals surface area contributed by atoms with Crippen molar-refractivity contribution in [2.24, 2.45) is 5.92 Å². The second-order valence-corrected chi connectivity index (χ2v) is 5.66. The van der Waals surface area contributed by atoms with E-state index in [0.717, 1.165) is 35.7 Å². The Morgan fingerprint density at radius 1 is 1.45 bits per heavy atom. The molecule has 0 aliphatic heterocycles. The maximum absolute atomic E-state index is 10.8. The minimum absolute atomic E-state index is 0.0201. The van der Waals surface area contributed by atoms with Gasteiger partial charge in [0.2, 0.25) is 0 Å². The average Bonchev–Trinajstić information content (AvgIpc) is 2.80. The van der Waals surface area contributed by atoms with Crippen LogP contribution in [0.25, 0.3) is 11.2 Å². The van der Waals surface area contributed by atoms with Crippen LogP contribution in [0.15, 0.2) is 23.5 Å². The van der Waals surface area contributed by atoms with Gasteiger partial charge >= 0.3 is 5.97 Å². The van der Waals surface area contributed by atoms with Gasteiger partial charge < -0.3 is 9.67 Å². The summed E-state index contributed by atoms with van der Waals surface area (Å²) in [4.78, 5) is 19.7. The zero-order chi connectivity index (χ0) is 14.5. The third kappa shape index (κ3) is 3.30. The Hall–Kier alpha value is -1.56. The third-order valence-electron chi connectivity index (χ3n) is 3.39. The second kappa shape index (κ2) is 6.74. The van der Waals surface area contributed by atoms with Gasteiger partial charge in [0, 0.05) is 12.7 Å². The number of thioether (sulfide) groups is 1. The molecule has 0 aliphatic carbocycles. The number of hydrogen-bond acceptors (Lipinski definition) is 4. The van der Waals surface area contributed by atoms with E-state index in [2.05, 4.69) is 28.4 Å². The summed E-state index contributed by atoms with van der Waals surface area (Å²) in [7, 11) is 0. The summed E-state index contributed by atoms with van der Waals surface area (Å²) >= 11 is 1.26. The summed E-state index contributed by atoms with van der Waals surface area (Å²) in [5.41, 5.74) is 1.67. The Morgan fingerprint density at radius 3 is 2.85 bits per heavy atom. The molecule has 108 valence electrons. The number of aliphatic carboxylic acids is 1. The highest BCUT2D eigenvalue weighted by molar-refractivity contribution is 7.99. The van der Waals surface area contributed by atoms with Gasteiger partial charge in [-0.3, -0.25) is 4.79 Å². The molecule has 0 atom stereocenters. The molecule has 0 aromatic carbocycles. The summed E-state index contributed by atoms with van der Waals surface area (Å²) in [5, 5.41) is 9.58. The zero-order valence-electron chi connectivity index (χ0n) is 11.7. The number of carboxylic acids is 1. The van der Waals surface area contributed by atoms with Crippen LogP contribution in [0.1, 0.15) is 26.7 Å². The van der Waals surface area contributed by atoms with E-state index in [1.54, 1.807) is 6.20 Å². The number of nitrogens with zero attached hydrogens (tertiary/aromatic N) is 3. The number of pyridine rings is 1. The molecule has 0 bridgehead atoms. The van der Waals surface area contributed by atoms with Crippen LogP contribution in [0.2, 0.25) is 0 Å². The van der Waals surface area contributed by atoms with Crippen molar-refractivity contribution >= 4 is 28.9 Å². The lowest BCUT2D eigenvalue weighted by molar-refractivity contribution is -0.133. The van der Waals surface area contributed by atoms with Crippen LogP contribution in [0.4, 0.5) is 0 Å². The van der Waals surface area contributed by atoms with Crippen LogP contribution in [0.3, 0.4) is 0 Å². The highest BCUT2D eigenvalue weighted by atomic mass is 32.2. The lowest BCUT2D eigenvalue weighted by Gasteiger charge is -2.15. The van der Waals surface area contributed by atoms with Gasteiger partial charge in [-0.25, -0.2) is 9.97 Å². The molecule has 2 heterocycles. The zero-order valence-corrected chi connectivity index (χ0v) is 12.6. The van der Waals surface area contributed by atoms with Crippen LogP contribution in [0.5, 0.6) is 0 Å². The Kier molecular flexibility index (Phi) is 5.00. The Labute approximate surface area is 122 Å². The SMILES string of the molecule is CCC(CC)Cn1c(SCC(=O)O)nc2cccnc21. The van der Waals surface area contributed by atoms with Crippen LogP contribution < -0.4 is 0 Å². The van der Waals surface area contributed by atoms with E-state index in [9.17, 15) is 4.79 Å². The average molecular weight is 293 g/mol. The number of carbonyl (C=O) groups is 1. The second-order valence-electron chi connectivity index (χ2n) is 4.72. The van der Waals surface area contributed by atoms with E-state index in [4.69, 9.17) is 5.11 Å². The molecule has 0 saturated carbocycles. The molecule has 2 rings (SSSR count). The maximum Gasteiger partial charge on any atom is 0.313 e. The monoisotopic (exact) mass is 293 g/mol. The lowest BCUT2D eigenvalue weighted by Crippen LogP contribution is -2.11. The Bertz CT molecular complexity index is 593. The molecule has 2 aromatic rings. The van der Waals surface area contributed by atoms with Crippen molar-refractivity contribution in [3.05, 3.63) is 18.3 Å². The Balaban J connectivity index is 2.36. The highest BCUT2D eigenvalue weighted by Gasteiger charge is 2.16. The van der Waals surface area contributed by atoms with Crippen molar-refractivity contribution < 1.29 is 9.90 Å². The van der Waals surface area contributed by atoms with Gasteiger partial charge in [-0.1, -0.05) is 38.5 Å². The first-order valence-electron chi connectivity index (χ1n) is 6.81. The highest BCUT2D eigenvalue weighted by Crippen LogP contribution is 2.25. The number of fused-ring (bicyclic) bond motifs is 1. The van der Waals surface area contributed by atoms with Crippen LogP contribution in [0, 0.1) is 5.92 Å². The topological polar surface area (TPSA) is 68.0 Å². The minimum Gasteiger partial charge on any atom is -0.481 e. The summed E-state index contributed by atoms with van der Waals surface area (Å²) in [6.45, 7) is 5.18. The number of rotatable bonds is 7. The van der Waals surface area contributed by atoms with E-state index >= 15 is 0 Å². The van der Waals surface area contributed by atoms with Crippen molar-refractivity contribution in [1.82, 2.24) is 14.5 Å². The fourth-order valence-corrected chi connectivity index (χ4v) is 2.88. The van der Waals surface area contributed by atoms with E-state index < -0.39 is 5.97 Å². The summed E-state index contributed by atoms with van der Waals surface area (Å²) in [6.07, 6.45) is 3.93. The summed E-state index contributed by atoms with van der Waals surface area (Å²) in [5.74, 6) is -0.255.